The van der Waals surface area contributed by atoms with E-state index in [0.29, 0.717) is 30.1 Å². The molecule has 1 fully saturated rings. The fourth-order valence-electron chi connectivity index (χ4n) is 4.22. The number of carbonyl (C=O) groups excluding carboxylic acids is 1. The first-order valence-electron chi connectivity index (χ1n) is 10.1. The van der Waals surface area contributed by atoms with Crippen molar-refractivity contribution in [3.05, 3.63) is 53.6 Å². The van der Waals surface area contributed by atoms with Crippen LogP contribution in [0.2, 0.25) is 0 Å². The van der Waals surface area contributed by atoms with Gasteiger partial charge >= 0.3 is 0 Å². The summed E-state index contributed by atoms with van der Waals surface area (Å²) in [5, 5.41) is 0. The van der Waals surface area contributed by atoms with E-state index in [-0.39, 0.29) is 23.7 Å². The quantitative estimate of drug-likeness (QED) is 0.593. The van der Waals surface area contributed by atoms with E-state index in [4.69, 9.17) is 18.9 Å². The standard InChI is InChI=1S/C24H30O5/c1-5-29-17-8-6-16(7-9-17)20-12-10-18(26-2)14-21(20)24(25)22-15-19(27-3)11-13-23(22)28-4/h6-9,11,13,15,18,20-21H,5,10,12,14H2,1-4H3. The van der Waals surface area contributed by atoms with E-state index in [2.05, 4.69) is 12.1 Å². The number of ketones is 1. The molecule has 1 aliphatic rings. The highest BCUT2D eigenvalue weighted by Crippen LogP contribution is 2.42. The number of ether oxygens (including phenoxy) is 4. The molecule has 0 radical (unpaired) electrons. The molecule has 0 heterocycles. The summed E-state index contributed by atoms with van der Waals surface area (Å²) in [5.41, 5.74) is 1.72. The van der Waals surface area contributed by atoms with Gasteiger partial charge in [-0.05, 0) is 68.0 Å². The van der Waals surface area contributed by atoms with Crippen LogP contribution in [0, 0.1) is 5.92 Å². The van der Waals surface area contributed by atoms with Crippen LogP contribution in [0.1, 0.15) is 48.0 Å². The lowest BCUT2D eigenvalue weighted by Crippen LogP contribution is -2.33. The zero-order valence-corrected chi connectivity index (χ0v) is 17.6. The number of Topliss-reactive ketones (excluding diaryl/α,β-unsaturated/α-hetero) is 1. The molecule has 2 aromatic rings. The average molecular weight is 398 g/mol. The second kappa shape index (κ2) is 9.79. The summed E-state index contributed by atoms with van der Waals surface area (Å²) < 4.78 is 22.0. The minimum Gasteiger partial charge on any atom is -0.497 e. The second-order valence-corrected chi connectivity index (χ2v) is 7.32. The van der Waals surface area contributed by atoms with Crippen molar-refractivity contribution < 1.29 is 23.7 Å². The van der Waals surface area contributed by atoms with Crippen LogP contribution < -0.4 is 14.2 Å². The molecular weight excluding hydrogens is 368 g/mol. The van der Waals surface area contributed by atoms with Crippen molar-refractivity contribution >= 4 is 5.78 Å². The van der Waals surface area contributed by atoms with Crippen molar-refractivity contribution in [2.75, 3.05) is 27.9 Å². The molecule has 1 saturated carbocycles. The molecule has 0 spiro atoms. The number of benzene rings is 2. The van der Waals surface area contributed by atoms with E-state index in [9.17, 15) is 4.79 Å². The van der Waals surface area contributed by atoms with Crippen LogP contribution in [0.4, 0.5) is 0 Å². The third-order valence-electron chi connectivity index (χ3n) is 5.76. The van der Waals surface area contributed by atoms with Gasteiger partial charge in [0.05, 0.1) is 32.5 Å². The Labute approximate surface area is 172 Å². The van der Waals surface area contributed by atoms with Crippen molar-refractivity contribution in [3.8, 4) is 17.2 Å². The molecule has 0 saturated heterocycles. The average Bonchev–Trinajstić information content (AvgIpc) is 2.78. The second-order valence-electron chi connectivity index (χ2n) is 7.32. The fraction of sp³-hybridized carbons (Fsp3) is 0.458. The van der Waals surface area contributed by atoms with Crippen LogP contribution in [0.25, 0.3) is 0 Å². The molecule has 29 heavy (non-hydrogen) atoms. The van der Waals surface area contributed by atoms with Crippen molar-refractivity contribution in [3.63, 3.8) is 0 Å². The van der Waals surface area contributed by atoms with Crippen LogP contribution in [0.5, 0.6) is 17.2 Å². The van der Waals surface area contributed by atoms with Gasteiger partial charge in [0.1, 0.15) is 17.2 Å². The summed E-state index contributed by atoms with van der Waals surface area (Å²) in [6.07, 6.45) is 2.61. The van der Waals surface area contributed by atoms with Crippen LogP contribution in [0.3, 0.4) is 0 Å². The van der Waals surface area contributed by atoms with Crippen LogP contribution >= 0.6 is 0 Å². The summed E-state index contributed by atoms with van der Waals surface area (Å²) in [5.74, 6) is 2.07. The lowest BCUT2D eigenvalue weighted by atomic mass is 9.71. The topological polar surface area (TPSA) is 54.0 Å². The summed E-state index contributed by atoms with van der Waals surface area (Å²) in [6, 6.07) is 13.5. The maximum atomic E-state index is 13.6. The van der Waals surface area contributed by atoms with Gasteiger partial charge in [-0.3, -0.25) is 4.79 Å². The maximum absolute atomic E-state index is 13.6. The normalized spacial score (nSPS) is 21.4. The van der Waals surface area contributed by atoms with Gasteiger partial charge in [0.15, 0.2) is 5.78 Å². The Kier molecular flexibility index (Phi) is 7.15. The highest BCUT2D eigenvalue weighted by molar-refractivity contribution is 6.01. The highest BCUT2D eigenvalue weighted by Gasteiger charge is 2.37. The Morgan fingerprint density at radius 3 is 2.31 bits per heavy atom. The minimum atomic E-state index is -0.187. The first-order chi connectivity index (χ1) is 14.1. The molecule has 5 nitrogen and oxygen atoms in total. The van der Waals surface area contributed by atoms with Gasteiger partial charge in [0.2, 0.25) is 0 Å². The monoisotopic (exact) mass is 398 g/mol. The van der Waals surface area contributed by atoms with E-state index in [1.165, 1.54) is 0 Å². The van der Waals surface area contributed by atoms with E-state index in [1.807, 2.05) is 19.1 Å². The third kappa shape index (κ3) is 4.73. The fourth-order valence-corrected chi connectivity index (χ4v) is 4.22. The zero-order chi connectivity index (χ0) is 20.8. The molecule has 0 N–H and O–H groups in total. The van der Waals surface area contributed by atoms with Crippen molar-refractivity contribution in [1.82, 2.24) is 0 Å². The maximum Gasteiger partial charge on any atom is 0.170 e. The molecule has 0 amide bonds. The summed E-state index contributed by atoms with van der Waals surface area (Å²) in [7, 11) is 4.90. The van der Waals surface area contributed by atoms with Crippen LogP contribution in [0.15, 0.2) is 42.5 Å². The van der Waals surface area contributed by atoms with Gasteiger partial charge in [0.25, 0.3) is 0 Å². The zero-order valence-electron chi connectivity index (χ0n) is 17.6. The van der Waals surface area contributed by atoms with Crippen LogP contribution in [-0.4, -0.2) is 39.8 Å². The molecule has 1 aliphatic carbocycles. The van der Waals surface area contributed by atoms with Gasteiger partial charge in [-0.15, -0.1) is 0 Å². The van der Waals surface area contributed by atoms with Gasteiger partial charge in [-0.25, -0.2) is 0 Å². The SMILES string of the molecule is CCOc1ccc(C2CCC(OC)CC2C(=O)c2cc(OC)ccc2OC)cc1. The summed E-state index contributed by atoms with van der Waals surface area (Å²) >= 11 is 0. The van der Waals surface area contributed by atoms with Crippen molar-refractivity contribution in [2.45, 2.75) is 38.2 Å². The summed E-state index contributed by atoms with van der Waals surface area (Å²) in [6.45, 7) is 2.60. The van der Waals surface area contributed by atoms with Crippen LogP contribution in [-0.2, 0) is 4.74 Å². The van der Waals surface area contributed by atoms with E-state index >= 15 is 0 Å². The first kappa shape index (κ1) is 21.2. The molecule has 3 atom stereocenters. The molecule has 0 aliphatic heterocycles. The molecule has 5 heteroatoms. The molecule has 3 unspecified atom stereocenters. The van der Waals surface area contributed by atoms with Gasteiger partial charge in [-0.2, -0.15) is 0 Å². The van der Waals surface area contributed by atoms with E-state index < -0.39 is 0 Å². The highest BCUT2D eigenvalue weighted by atomic mass is 16.5. The Hall–Kier alpha value is -2.53. The minimum absolute atomic E-state index is 0.0707. The van der Waals surface area contributed by atoms with Crippen molar-refractivity contribution in [2.24, 2.45) is 5.92 Å². The third-order valence-corrected chi connectivity index (χ3v) is 5.76. The molecule has 2 aromatic carbocycles. The molecule has 0 aromatic heterocycles. The summed E-state index contributed by atoms with van der Waals surface area (Å²) in [4.78, 5) is 13.6. The van der Waals surface area contributed by atoms with Crippen molar-refractivity contribution in [1.29, 1.82) is 0 Å². The largest absolute Gasteiger partial charge is 0.497 e. The smallest absolute Gasteiger partial charge is 0.170 e. The van der Waals surface area contributed by atoms with Gasteiger partial charge in [-0.1, -0.05) is 12.1 Å². The molecule has 3 rings (SSSR count). The Bertz CT molecular complexity index is 815. The number of carbonyl (C=O) groups is 1. The lowest BCUT2D eigenvalue weighted by Gasteiger charge is -2.35. The lowest BCUT2D eigenvalue weighted by molar-refractivity contribution is 0.0388. The number of rotatable bonds is 8. The van der Waals surface area contributed by atoms with Gasteiger partial charge < -0.3 is 18.9 Å². The first-order valence-corrected chi connectivity index (χ1v) is 10.1. The molecule has 156 valence electrons. The number of hydrogen-bond acceptors (Lipinski definition) is 5. The Morgan fingerprint density at radius 2 is 1.69 bits per heavy atom. The van der Waals surface area contributed by atoms with Gasteiger partial charge in [0, 0.05) is 13.0 Å². The molecular formula is C24H30O5. The van der Waals surface area contributed by atoms with E-state index in [0.717, 1.165) is 24.2 Å². The number of methoxy groups -OCH3 is 3. The Morgan fingerprint density at radius 1 is 0.966 bits per heavy atom. The Balaban J connectivity index is 1.94. The predicted molar refractivity (Wildman–Crippen MR) is 112 cm³/mol. The number of hydrogen-bond donors (Lipinski definition) is 0. The predicted octanol–water partition coefficient (Wildman–Crippen LogP) is 4.88. The van der Waals surface area contributed by atoms with E-state index in [1.54, 1.807) is 39.5 Å². The molecule has 0 bridgehead atoms.